The number of primary amides is 1. The molecule has 0 fully saturated rings. The predicted molar refractivity (Wildman–Crippen MR) is 56.1 cm³/mol. The van der Waals surface area contributed by atoms with Crippen LogP contribution in [-0.4, -0.2) is 11.4 Å². The SMILES string of the molecule is CCCCCCC(N)=O.Cl.Cl.O. The molecule has 0 heterocycles. The summed E-state index contributed by atoms with van der Waals surface area (Å²) < 4.78 is 0. The highest BCUT2D eigenvalue weighted by atomic mass is 35.5. The summed E-state index contributed by atoms with van der Waals surface area (Å²) in [6.07, 6.45) is 5.08. The van der Waals surface area contributed by atoms with Gasteiger partial charge in [-0.2, -0.15) is 0 Å². The lowest BCUT2D eigenvalue weighted by atomic mass is 10.1. The summed E-state index contributed by atoms with van der Waals surface area (Å²) in [5.74, 6) is -0.175. The Morgan fingerprint density at radius 1 is 1.17 bits per heavy atom. The van der Waals surface area contributed by atoms with Crippen LogP contribution < -0.4 is 5.73 Å². The van der Waals surface area contributed by atoms with Gasteiger partial charge in [-0.3, -0.25) is 4.79 Å². The number of nitrogens with two attached hydrogens (primary N) is 1. The Hall–Kier alpha value is 0.01000. The first-order valence-electron chi connectivity index (χ1n) is 3.55. The summed E-state index contributed by atoms with van der Waals surface area (Å²) in [6.45, 7) is 2.14. The van der Waals surface area contributed by atoms with Crippen molar-refractivity contribution in [2.75, 3.05) is 0 Å². The Morgan fingerprint density at radius 3 is 2.00 bits per heavy atom. The second-order valence-electron chi connectivity index (χ2n) is 2.28. The van der Waals surface area contributed by atoms with Crippen LogP contribution in [0.5, 0.6) is 0 Å². The number of rotatable bonds is 5. The minimum absolute atomic E-state index is 0. The third kappa shape index (κ3) is 22.5. The van der Waals surface area contributed by atoms with Gasteiger partial charge in [0.25, 0.3) is 0 Å². The minimum Gasteiger partial charge on any atom is -0.412 e. The summed E-state index contributed by atoms with van der Waals surface area (Å²) in [6, 6.07) is 0. The maximum atomic E-state index is 10.2. The fraction of sp³-hybridized carbons (Fsp3) is 0.857. The Kier molecular flexibility index (Phi) is 32.5. The van der Waals surface area contributed by atoms with Gasteiger partial charge in [-0.15, -0.1) is 24.8 Å². The number of halogens is 2. The molecule has 0 saturated heterocycles. The molecule has 5 heteroatoms. The number of carbonyl (C=O) groups is 1. The van der Waals surface area contributed by atoms with Gasteiger partial charge in [0.05, 0.1) is 0 Å². The summed E-state index contributed by atoms with van der Waals surface area (Å²) in [4.78, 5) is 10.2. The molecule has 0 bridgehead atoms. The van der Waals surface area contributed by atoms with Gasteiger partial charge in [-0.1, -0.05) is 26.2 Å². The highest BCUT2D eigenvalue weighted by Gasteiger charge is 1.91. The van der Waals surface area contributed by atoms with E-state index in [1.165, 1.54) is 12.8 Å². The third-order valence-electron chi connectivity index (χ3n) is 1.28. The van der Waals surface area contributed by atoms with Crippen molar-refractivity contribution in [3.05, 3.63) is 0 Å². The fourth-order valence-electron chi connectivity index (χ4n) is 0.726. The number of carbonyl (C=O) groups excluding carboxylic acids is 1. The van der Waals surface area contributed by atoms with E-state index in [1.54, 1.807) is 0 Å². The predicted octanol–water partition coefficient (Wildman–Crippen LogP) is 1.46. The molecule has 78 valence electrons. The molecular weight excluding hydrogens is 201 g/mol. The smallest absolute Gasteiger partial charge is 0.217 e. The first kappa shape index (κ1) is 22.7. The molecule has 0 rings (SSSR count). The van der Waals surface area contributed by atoms with Crippen molar-refractivity contribution in [3.63, 3.8) is 0 Å². The van der Waals surface area contributed by atoms with Crippen LogP contribution in [0.3, 0.4) is 0 Å². The van der Waals surface area contributed by atoms with Crippen LogP contribution in [0.15, 0.2) is 0 Å². The lowest BCUT2D eigenvalue weighted by Gasteiger charge is -1.93. The van der Waals surface area contributed by atoms with Crippen LogP contribution >= 0.6 is 24.8 Å². The van der Waals surface area contributed by atoms with E-state index in [2.05, 4.69) is 6.92 Å². The van der Waals surface area contributed by atoms with Gasteiger partial charge >= 0.3 is 0 Å². The van der Waals surface area contributed by atoms with Gasteiger partial charge in [0.1, 0.15) is 0 Å². The molecular formula is C7H19Cl2NO2. The zero-order valence-electron chi connectivity index (χ0n) is 7.34. The van der Waals surface area contributed by atoms with Crippen LogP contribution in [-0.2, 0) is 4.79 Å². The van der Waals surface area contributed by atoms with E-state index in [1.807, 2.05) is 0 Å². The van der Waals surface area contributed by atoms with E-state index in [0.29, 0.717) is 6.42 Å². The number of unbranched alkanes of at least 4 members (excludes halogenated alkanes) is 3. The third-order valence-corrected chi connectivity index (χ3v) is 1.28. The summed E-state index contributed by atoms with van der Waals surface area (Å²) >= 11 is 0. The molecule has 12 heavy (non-hydrogen) atoms. The summed E-state index contributed by atoms with van der Waals surface area (Å²) in [7, 11) is 0. The van der Waals surface area contributed by atoms with Crippen molar-refractivity contribution in [2.24, 2.45) is 5.73 Å². The molecule has 1 amide bonds. The molecule has 3 nitrogen and oxygen atoms in total. The van der Waals surface area contributed by atoms with E-state index in [9.17, 15) is 4.79 Å². The maximum absolute atomic E-state index is 10.2. The van der Waals surface area contributed by atoms with Crippen LogP contribution in [0.2, 0.25) is 0 Å². The quantitative estimate of drug-likeness (QED) is 0.699. The summed E-state index contributed by atoms with van der Waals surface area (Å²) in [5.41, 5.74) is 4.94. The standard InChI is InChI=1S/C7H15NO.2ClH.H2O/c1-2-3-4-5-6-7(8)9;;;/h2-6H2,1H3,(H2,8,9);2*1H;1H2. The normalized spacial score (nSPS) is 7.08. The second-order valence-corrected chi connectivity index (χ2v) is 2.28. The maximum Gasteiger partial charge on any atom is 0.217 e. The molecule has 0 aromatic heterocycles. The molecule has 0 spiro atoms. The molecule has 0 aromatic carbocycles. The number of amides is 1. The monoisotopic (exact) mass is 219 g/mol. The highest BCUT2D eigenvalue weighted by Crippen LogP contribution is 2.00. The number of hydrogen-bond acceptors (Lipinski definition) is 1. The molecule has 0 aromatic rings. The van der Waals surface area contributed by atoms with Crippen LogP contribution in [0.4, 0.5) is 0 Å². The van der Waals surface area contributed by atoms with E-state index in [-0.39, 0.29) is 36.2 Å². The fourth-order valence-corrected chi connectivity index (χ4v) is 0.726. The Morgan fingerprint density at radius 2 is 1.67 bits per heavy atom. The van der Waals surface area contributed by atoms with Crippen LogP contribution in [0.25, 0.3) is 0 Å². The molecule has 0 aliphatic heterocycles. The second kappa shape index (κ2) is 17.2. The van der Waals surface area contributed by atoms with Crippen molar-refractivity contribution in [3.8, 4) is 0 Å². The average Bonchev–Trinajstić information content (AvgIpc) is 1.80. The first-order chi connectivity index (χ1) is 4.27. The lowest BCUT2D eigenvalue weighted by molar-refractivity contribution is -0.118. The van der Waals surface area contributed by atoms with E-state index >= 15 is 0 Å². The Bertz CT molecular complexity index is 91.5. The molecule has 0 aliphatic carbocycles. The van der Waals surface area contributed by atoms with Crippen molar-refractivity contribution in [1.82, 2.24) is 0 Å². The molecule has 0 unspecified atom stereocenters. The van der Waals surface area contributed by atoms with Gasteiger partial charge in [0.2, 0.25) is 5.91 Å². The van der Waals surface area contributed by atoms with E-state index in [0.717, 1.165) is 12.8 Å². The first-order valence-corrected chi connectivity index (χ1v) is 3.55. The van der Waals surface area contributed by atoms with E-state index in [4.69, 9.17) is 5.73 Å². The van der Waals surface area contributed by atoms with Crippen molar-refractivity contribution < 1.29 is 10.3 Å². The zero-order valence-corrected chi connectivity index (χ0v) is 8.97. The van der Waals surface area contributed by atoms with Gasteiger partial charge in [-0.05, 0) is 6.42 Å². The minimum atomic E-state index is -0.175. The average molecular weight is 220 g/mol. The summed E-state index contributed by atoms with van der Waals surface area (Å²) in [5, 5.41) is 0. The molecule has 0 saturated carbocycles. The van der Waals surface area contributed by atoms with Crippen molar-refractivity contribution in [2.45, 2.75) is 39.0 Å². The Labute approximate surface area is 86.2 Å². The molecule has 4 N–H and O–H groups in total. The van der Waals surface area contributed by atoms with Crippen LogP contribution in [0, 0.1) is 0 Å². The van der Waals surface area contributed by atoms with Gasteiger partial charge < -0.3 is 11.2 Å². The topological polar surface area (TPSA) is 74.6 Å². The van der Waals surface area contributed by atoms with Crippen molar-refractivity contribution >= 4 is 30.7 Å². The van der Waals surface area contributed by atoms with Gasteiger partial charge in [0, 0.05) is 6.42 Å². The van der Waals surface area contributed by atoms with Gasteiger partial charge in [-0.25, -0.2) is 0 Å². The highest BCUT2D eigenvalue weighted by molar-refractivity contribution is 5.85. The molecule has 0 atom stereocenters. The Balaban J connectivity index is -0.000000107. The largest absolute Gasteiger partial charge is 0.412 e. The zero-order chi connectivity index (χ0) is 7.11. The lowest BCUT2D eigenvalue weighted by Crippen LogP contribution is -2.09. The van der Waals surface area contributed by atoms with Crippen molar-refractivity contribution in [1.29, 1.82) is 0 Å². The van der Waals surface area contributed by atoms with Gasteiger partial charge in [0.15, 0.2) is 0 Å². The molecule has 0 aliphatic rings. The van der Waals surface area contributed by atoms with E-state index < -0.39 is 0 Å². The number of hydrogen-bond donors (Lipinski definition) is 1. The van der Waals surface area contributed by atoms with Crippen LogP contribution in [0.1, 0.15) is 39.0 Å². The molecule has 0 radical (unpaired) electrons.